The molecule has 1 fully saturated rings. The molecule has 1 unspecified atom stereocenters. The molecule has 0 saturated carbocycles. The number of rotatable bonds is 6. The van der Waals surface area contributed by atoms with Gasteiger partial charge in [-0.25, -0.2) is 0 Å². The van der Waals surface area contributed by atoms with Crippen LogP contribution in [0, 0.1) is 5.92 Å². The zero-order chi connectivity index (χ0) is 15.2. The van der Waals surface area contributed by atoms with Gasteiger partial charge < -0.3 is 10.2 Å². The fourth-order valence-corrected chi connectivity index (χ4v) is 3.06. The van der Waals surface area contributed by atoms with E-state index in [2.05, 4.69) is 53.0 Å². The minimum atomic E-state index is 0.363. The fraction of sp³-hybridized carbons (Fsp3) is 0.706. The van der Waals surface area contributed by atoms with E-state index in [0.717, 1.165) is 44.2 Å². The normalized spacial score (nSPS) is 18.2. The molecule has 1 saturated heterocycles. The van der Waals surface area contributed by atoms with Crippen LogP contribution in [0.2, 0.25) is 0 Å². The van der Waals surface area contributed by atoms with Gasteiger partial charge in [-0.1, -0.05) is 20.8 Å². The van der Waals surface area contributed by atoms with E-state index in [1.807, 2.05) is 13.2 Å². The molecule has 2 rings (SSSR count). The summed E-state index contributed by atoms with van der Waals surface area (Å²) in [4.78, 5) is 9.66. The zero-order valence-corrected chi connectivity index (χ0v) is 14.0. The van der Waals surface area contributed by atoms with E-state index in [9.17, 15) is 0 Å². The molecule has 1 aliphatic heterocycles. The standard InChI is InChI=1S/C17H30N4/c1-5-16(18-4)17-7-6-15(12-19-17)21-10-8-20(9-11-21)13-14(2)3/h6-7,12,14,16,18H,5,8-11,13H2,1-4H3. The van der Waals surface area contributed by atoms with Crippen molar-refractivity contribution in [3.05, 3.63) is 24.0 Å². The van der Waals surface area contributed by atoms with Crippen LogP contribution in [0.5, 0.6) is 0 Å². The molecule has 1 aromatic heterocycles. The number of nitrogens with one attached hydrogen (secondary N) is 1. The number of hydrogen-bond donors (Lipinski definition) is 1. The highest BCUT2D eigenvalue weighted by Crippen LogP contribution is 2.19. The molecular formula is C17H30N4. The zero-order valence-electron chi connectivity index (χ0n) is 14.0. The third-order valence-electron chi connectivity index (χ3n) is 4.25. The summed E-state index contributed by atoms with van der Waals surface area (Å²) < 4.78 is 0. The number of pyridine rings is 1. The fourth-order valence-electron chi connectivity index (χ4n) is 3.06. The highest BCUT2D eigenvalue weighted by atomic mass is 15.3. The molecular weight excluding hydrogens is 260 g/mol. The Hall–Kier alpha value is -1.13. The van der Waals surface area contributed by atoms with Gasteiger partial charge >= 0.3 is 0 Å². The van der Waals surface area contributed by atoms with E-state index >= 15 is 0 Å². The van der Waals surface area contributed by atoms with Gasteiger partial charge in [0.2, 0.25) is 0 Å². The van der Waals surface area contributed by atoms with Crippen molar-refractivity contribution in [1.29, 1.82) is 0 Å². The molecule has 1 atom stereocenters. The van der Waals surface area contributed by atoms with Crippen molar-refractivity contribution >= 4 is 5.69 Å². The molecule has 118 valence electrons. The lowest BCUT2D eigenvalue weighted by Gasteiger charge is -2.36. The predicted molar refractivity (Wildman–Crippen MR) is 89.8 cm³/mol. The number of aromatic nitrogens is 1. The lowest BCUT2D eigenvalue weighted by molar-refractivity contribution is 0.231. The molecule has 1 aromatic rings. The summed E-state index contributed by atoms with van der Waals surface area (Å²) in [5.74, 6) is 0.755. The van der Waals surface area contributed by atoms with Crippen LogP contribution in [0.1, 0.15) is 38.9 Å². The van der Waals surface area contributed by atoms with Gasteiger partial charge in [0, 0.05) is 38.8 Å². The Morgan fingerprint density at radius 2 is 1.90 bits per heavy atom. The molecule has 4 nitrogen and oxygen atoms in total. The Bertz CT molecular complexity index is 403. The molecule has 21 heavy (non-hydrogen) atoms. The monoisotopic (exact) mass is 290 g/mol. The summed E-state index contributed by atoms with van der Waals surface area (Å²) in [5, 5.41) is 3.31. The average Bonchev–Trinajstić information content (AvgIpc) is 2.49. The highest BCUT2D eigenvalue weighted by Gasteiger charge is 2.18. The van der Waals surface area contributed by atoms with E-state index in [0.29, 0.717) is 6.04 Å². The average molecular weight is 290 g/mol. The molecule has 0 amide bonds. The van der Waals surface area contributed by atoms with Crippen LogP contribution in [0.25, 0.3) is 0 Å². The Morgan fingerprint density at radius 3 is 2.38 bits per heavy atom. The Labute approximate surface area is 129 Å². The van der Waals surface area contributed by atoms with Crippen LogP contribution in [0.4, 0.5) is 5.69 Å². The number of hydrogen-bond acceptors (Lipinski definition) is 4. The molecule has 0 aliphatic carbocycles. The second-order valence-corrected chi connectivity index (χ2v) is 6.37. The lowest BCUT2D eigenvalue weighted by atomic mass is 10.1. The van der Waals surface area contributed by atoms with Crippen molar-refractivity contribution in [1.82, 2.24) is 15.2 Å². The second kappa shape index (κ2) is 7.76. The molecule has 1 aliphatic rings. The number of nitrogens with zero attached hydrogens (tertiary/aromatic N) is 3. The number of piperazine rings is 1. The minimum Gasteiger partial charge on any atom is -0.368 e. The summed E-state index contributed by atoms with van der Waals surface area (Å²) in [5.41, 5.74) is 2.40. The molecule has 1 N–H and O–H groups in total. The van der Waals surface area contributed by atoms with Crippen LogP contribution in [0.3, 0.4) is 0 Å². The van der Waals surface area contributed by atoms with Gasteiger partial charge in [0.15, 0.2) is 0 Å². The first kappa shape index (κ1) is 16.2. The van der Waals surface area contributed by atoms with Crippen molar-refractivity contribution in [3.63, 3.8) is 0 Å². The maximum Gasteiger partial charge on any atom is 0.0574 e. The highest BCUT2D eigenvalue weighted by molar-refractivity contribution is 5.45. The molecule has 0 radical (unpaired) electrons. The Balaban J connectivity index is 1.92. The van der Waals surface area contributed by atoms with E-state index in [-0.39, 0.29) is 0 Å². The van der Waals surface area contributed by atoms with Crippen molar-refractivity contribution in [2.75, 3.05) is 44.7 Å². The Morgan fingerprint density at radius 1 is 1.19 bits per heavy atom. The molecule has 0 spiro atoms. The maximum absolute atomic E-state index is 4.65. The van der Waals surface area contributed by atoms with E-state index < -0.39 is 0 Å². The minimum absolute atomic E-state index is 0.363. The van der Waals surface area contributed by atoms with Crippen molar-refractivity contribution in [2.24, 2.45) is 5.92 Å². The van der Waals surface area contributed by atoms with Crippen molar-refractivity contribution < 1.29 is 0 Å². The smallest absolute Gasteiger partial charge is 0.0574 e. The van der Waals surface area contributed by atoms with E-state index in [4.69, 9.17) is 0 Å². The van der Waals surface area contributed by atoms with Crippen LogP contribution in [0.15, 0.2) is 18.3 Å². The maximum atomic E-state index is 4.65. The van der Waals surface area contributed by atoms with Crippen LogP contribution >= 0.6 is 0 Å². The van der Waals surface area contributed by atoms with Crippen LogP contribution in [-0.2, 0) is 0 Å². The molecule has 0 bridgehead atoms. The van der Waals surface area contributed by atoms with Gasteiger partial charge in [-0.3, -0.25) is 9.88 Å². The summed E-state index contributed by atoms with van der Waals surface area (Å²) in [6, 6.07) is 4.75. The number of anilines is 1. The summed E-state index contributed by atoms with van der Waals surface area (Å²) >= 11 is 0. The summed E-state index contributed by atoms with van der Waals surface area (Å²) in [6.45, 7) is 12.5. The largest absolute Gasteiger partial charge is 0.368 e. The lowest BCUT2D eigenvalue weighted by Crippen LogP contribution is -2.47. The van der Waals surface area contributed by atoms with Gasteiger partial charge in [0.1, 0.15) is 0 Å². The van der Waals surface area contributed by atoms with Crippen molar-refractivity contribution in [2.45, 2.75) is 33.2 Å². The van der Waals surface area contributed by atoms with Crippen LogP contribution in [-0.4, -0.2) is 49.7 Å². The molecule has 2 heterocycles. The third kappa shape index (κ3) is 4.42. The van der Waals surface area contributed by atoms with Gasteiger partial charge in [-0.05, 0) is 31.5 Å². The topological polar surface area (TPSA) is 31.4 Å². The quantitative estimate of drug-likeness (QED) is 0.872. The SMILES string of the molecule is CCC(NC)c1ccc(N2CCN(CC(C)C)CC2)cn1. The van der Waals surface area contributed by atoms with Crippen LogP contribution < -0.4 is 10.2 Å². The Kier molecular flexibility index (Phi) is 6.00. The van der Waals surface area contributed by atoms with Crippen molar-refractivity contribution in [3.8, 4) is 0 Å². The summed E-state index contributed by atoms with van der Waals surface area (Å²) in [7, 11) is 2.00. The molecule has 0 aromatic carbocycles. The van der Waals surface area contributed by atoms with Gasteiger partial charge in [0.05, 0.1) is 17.6 Å². The third-order valence-corrected chi connectivity index (χ3v) is 4.25. The first-order valence-electron chi connectivity index (χ1n) is 8.24. The molecule has 4 heteroatoms. The predicted octanol–water partition coefficient (Wildman–Crippen LogP) is 2.53. The van der Waals surface area contributed by atoms with Gasteiger partial charge in [-0.15, -0.1) is 0 Å². The first-order chi connectivity index (χ1) is 10.1. The van der Waals surface area contributed by atoms with E-state index in [1.165, 1.54) is 12.2 Å². The summed E-state index contributed by atoms with van der Waals surface area (Å²) in [6.07, 6.45) is 3.10. The van der Waals surface area contributed by atoms with E-state index in [1.54, 1.807) is 0 Å². The second-order valence-electron chi connectivity index (χ2n) is 6.37. The first-order valence-corrected chi connectivity index (χ1v) is 8.24. The van der Waals surface area contributed by atoms with Gasteiger partial charge in [0.25, 0.3) is 0 Å². The van der Waals surface area contributed by atoms with Gasteiger partial charge in [-0.2, -0.15) is 0 Å².